The standard InChI is InChI=1S/C14H22N4O4/c1-9(2)6-10(13(19)15-4-5-22-3)18-12-8-16-11(7-17-12)14(20)21/h7-10H,4-6H2,1-3H3,(H,15,19)(H,17,18)(H,20,21)/t10-/m0/s1. The van der Waals surface area contributed by atoms with Crippen LogP contribution < -0.4 is 10.6 Å². The molecule has 8 heteroatoms. The predicted molar refractivity (Wildman–Crippen MR) is 80.7 cm³/mol. The van der Waals surface area contributed by atoms with Gasteiger partial charge in [0.15, 0.2) is 5.69 Å². The molecule has 0 radical (unpaired) electrons. The highest BCUT2D eigenvalue weighted by atomic mass is 16.5. The molecule has 1 atom stereocenters. The highest BCUT2D eigenvalue weighted by Gasteiger charge is 2.20. The van der Waals surface area contributed by atoms with Crippen LogP contribution in [0.15, 0.2) is 12.4 Å². The van der Waals surface area contributed by atoms with E-state index in [1.54, 1.807) is 7.11 Å². The molecule has 0 saturated heterocycles. The maximum atomic E-state index is 12.2. The van der Waals surface area contributed by atoms with Gasteiger partial charge in [0.2, 0.25) is 5.91 Å². The Labute approximate surface area is 129 Å². The number of hydrogen-bond donors (Lipinski definition) is 3. The van der Waals surface area contributed by atoms with E-state index in [0.29, 0.717) is 31.3 Å². The van der Waals surface area contributed by atoms with Crippen LogP contribution in [0, 0.1) is 5.92 Å². The molecule has 1 aromatic rings. The maximum Gasteiger partial charge on any atom is 0.356 e. The van der Waals surface area contributed by atoms with Crippen molar-refractivity contribution in [3.8, 4) is 0 Å². The Bertz CT molecular complexity index is 490. The summed E-state index contributed by atoms with van der Waals surface area (Å²) in [4.78, 5) is 30.6. The monoisotopic (exact) mass is 310 g/mol. The minimum atomic E-state index is -1.14. The first kappa shape index (κ1) is 17.8. The average molecular weight is 310 g/mol. The van der Waals surface area contributed by atoms with E-state index in [4.69, 9.17) is 9.84 Å². The van der Waals surface area contributed by atoms with E-state index in [0.717, 1.165) is 6.20 Å². The lowest BCUT2D eigenvalue weighted by atomic mass is 10.0. The predicted octanol–water partition coefficient (Wildman–Crippen LogP) is 0.764. The summed E-state index contributed by atoms with van der Waals surface area (Å²) in [6, 6.07) is -0.471. The summed E-state index contributed by atoms with van der Waals surface area (Å²) in [6.07, 6.45) is 3.07. The van der Waals surface area contributed by atoms with Crippen LogP contribution in [0.1, 0.15) is 30.8 Å². The number of anilines is 1. The van der Waals surface area contributed by atoms with Crippen LogP contribution in [0.2, 0.25) is 0 Å². The first-order chi connectivity index (χ1) is 10.4. The third-order valence-electron chi connectivity index (χ3n) is 2.82. The Hall–Kier alpha value is -2.22. The van der Waals surface area contributed by atoms with E-state index < -0.39 is 12.0 Å². The summed E-state index contributed by atoms with van der Waals surface area (Å²) >= 11 is 0. The largest absolute Gasteiger partial charge is 0.476 e. The molecule has 3 N–H and O–H groups in total. The Morgan fingerprint density at radius 1 is 1.32 bits per heavy atom. The molecule has 0 aliphatic rings. The number of carbonyl (C=O) groups excluding carboxylic acids is 1. The smallest absolute Gasteiger partial charge is 0.356 e. The number of methoxy groups -OCH3 is 1. The van der Waals surface area contributed by atoms with Crippen LogP contribution in [0.3, 0.4) is 0 Å². The number of rotatable bonds is 9. The van der Waals surface area contributed by atoms with Gasteiger partial charge < -0.3 is 20.5 Å². The van der Waals surface area contributed by atoms with Crippen LogP contribution in [0.25, 0.3) is 0 Å². The molecular weight excluding hydrogens is 288 g/mol. The molecule has 0 aliphatic heterocycles. The minimum Gasteiger partial charge on any atom is -0.476 e. The van der Waals surface area contributed by atoms with Crippen molar-refractivity contribution >= 4 is 17.7 Å². The van der Waals surface area contributed by atoms with Crippen LogP contribution >= 0.6 is 0 Å². The number of nitrogens with one attached hydrogen (secondary N) is 2. The fourth-order valence-corrected chi connectivity index (χ4v) is 1.79. The normalized spacial score (nSPS) is 12.0. The van der Waals surface area contributed by atoms with Gasteiger partial charge in [0.1, 0.15) is 11.9 Å². The zero-order chi connectivity index (χ0) is 16.5. The lowest BCUT2D eigenvalue weighted by Gasteiger charge is -2.20. The molecule has 8 nitrogen and oxygen atoms in total. The fraction of sp³-hybridized carbons (Fsp3) is 0.571. The highest BCUT2D eigenvalue weighted by molar-refractivity contribution is 5.85. The number of carboxylic acids is 1. The van der Waals surface area contributed by atoms with E-state index in [-0.39, 0.29) is 11.6 Å². The molecule has 122 valence electrons. The van der Waals surface area contributed by atoms with Gasteiger partial charge in [-0.25, -0.2) is 14.8 Å². The van der Waals surface area contributed by atoms with Gasteiger partial charge in [-0.05, 0) is 12.3 Å². The lowest BCUT2D eigenvalue weighted by Crippen LogP contribution is -2.41. The Kier molecular flexibility index (Phi) is 7.24. The van der Waals surface area contributed by atoms with Crippen molar-refractivity contribution in [3.63, 3.8) is 0 Å². The lowest BCUT2D eigenvalue weighted by molar-refractivity contribution is -0.122. The molecule has 0 spiro atoms. The zero-order valence-corrected chi connectivity index (χ0v) is 13.0. The van der Waals surface area contributed by atoms with Crippen molar-refractivity contribution in [1.82, 2.24) is 15.3 Å². The molecule has 1 amide bonds. The summed E-state index contributed by atoms with van der Waals surface area (Å²) in [5.41, 5.74) is -0.143. The SMILES string of the molecule is COCCNC(=O)[C@H](CC(C)C)Nc1cnc(C(=O)O)cn1. The van der Waals surface area contributed by atoms with Gasteiger partial charge in [-0.1, -0.05) is 13.8 Å². The second-order valence-electron chi connectivity index (χ2n) is 5.20. The van der Waals surface area contributed by atoms with Gasteiger partial charge >= 0.3 is 5.97 Å². The minimum absolute atomic E-state index is 0.143. The van der Waals surface area contributed by atoms with Gasteiger partial charge in [0, 0.05) is 13.7 Å². The van der Waals surface area contributed by atoms with Gasteiger partial charge in [-0.2, -0.15) is 0 Å². The number of amides is 1. The topological polar surface area (TPSA) is 113 Å². The van der Waals surface area contributed by atoms with Crippen LogP contribution in [-0.2, 0) is 9.53 Å². The van der Waals surface area contributed by atoms with Gasteiger partial charge in [-0.3, -0.25) is 4.79 Å². The number of hydrogen-bond acceptors (Lipinski definition) is 6. The van der Waals surface area contributed by atoms with Crippen molar-refractivity contribution in [2.75, 3.05) is 25.6 Å². The molecule has 1 rings (SSSR count). The van der Waals surface area contributed by atoms with Crippen molar-refractivity contribution < 1.29 is 19.4 Å². The molecule has 22 heavy (non-hydrogen) atoms. The Morgan fingerprint density at radius 3 is 2.55 bits per heavy atom. The summed E-state index contributed by atoms with van der Waals surface area (Å²) in [5, 5.41) is 14.5. The second-order valence-corrected chi connectivity index (χ2v) is 5.20. The number of carbonyl (C=O) groups is 2. The second kappa shape index (κ2) is 8.93. The molecule has 0 bridgehead atoms. The van der Waals surface area contributed by atoms with Crippen molar-refractivity contribution in [2.24, 2.45) is 5.92 Å². The van der Waals surface area contributed by atoms with E-state index in [1.807, 2.05) is 13.8 Å². The summed E-state index contributed by atoms with van der Waals surface area (Å²) < 4.78 is 4.89. The maximum absolute atomic E-state index is 12.2. The van der Waals surface area contributed by atoms with Crippen molar-refractivity contribution in [1.29, 1.82) is 0 Å². The van der Waals surface area contributed by atoms with Crippen LogP contribution in [0.5, 0.6) is 0 Å². The Balaban J connectivity index is 2.71. The van der Waals surface area contributed by atoms with Gasteiger partial charge in [0.05, 0.1) is 19.0 Å². The molecule has 0 aliphatic carbocycles. The molecule has 1 aromatic heterocycles. The quantitative estimate of drug-likeness (QED) is 0.577. The molecular formula is C14H22N4O4. The third kappa shape index (κ3) is 6.04. The fourth-order valence-electron chi connectivity index (χ4n) is 1.79. The average Bonchev–Trinajstić information content (AvgIpc) is 2.46. The molecule has 0 saturated carbocycles. The van der Waals surface area contributed by atoms with E-state index in [1.165, 1.54) is 6.20 Å². The summed E-state index contributed by atoms with van der Waals surface area (Å²) in [7, 11) is 1.57. The van der Waals surface area contributed by atoms with E-state index in [9.17, 15) is 9.59 Å². The zero-order valence-electron chi connectivity index (χ0n) is 13.0. The van der Waals surface area contributed by atoms with Gasteiger partial charge in [-0.15, -0.1) is 0 Å². The summed E-state index contributed by atoms with van der Waals surface area (Å²) in [5.74, 6) is -0.639. The van der Waals surface area contributed by atoms with E-state index in [2.05, 4.69) is 20.6 Å². The van der Waals surface area contributed by atoms with Crippen molar-refractivity contribution in [3.05, 3.63) is 18.1 Å². The number of aromatic carboxylic acids is 1. The van der Waals surface area contributed by atoms with Crippen molar-refractivity contribution in [2.45, 2.75) is 26.3 Å². The Morgan fingerprint density at radius 2 is 2.05 bits per heavy atom. The molecule has 0 unspecified atom stereocenters. The number of aromatic nitrogens is 2. The van der Waals surface area contributed by atoms with Gasteiger partial charge in [0.25, 0.3) is 0 Å². The van der Waals surface area contributed by atoms with Crippen LogP contribution in [-0.4, -0.2) is 53.3 Å². The highest BCUT2D eigenvalue weighted by Crippen LogP contribution is 2.11. The molecule has 0 aromatic carbocycles. The number of ether oxygens (including phenoxy) is 1. The number of carboxylic acid groups (broad SMARTS) is 1. The first-order valence-electron chi connectivity index (χ1n) is 7.02. The summed E-state index contributed by atoms with van der Waals surface area (Å²) in [6.45, 7) is 4.88. The number of nitrogens with zero attached hydrogens (tertiary/aromatic N) is 2. The first-order valence-corrected chi connectivity index (χ1v) is 7.02. The van der Waals surface area contributed by atoms with Crippen LogP contribution in [0.4, 0.5) is 5.82 Å². The third-order valence-corrected chi connectivity index (χ3v) is 2.82. The molecule has 0 fully saturated rings. The molecule has 1 heterocycles. The van der Waals surface area contributed by atoms with E-state index >= 15 is 0 Å².